The molecular weight excluding hydrogens is 332 g/mol. The Labute approximate surface area is 138 Å². The van der Waals surface area contributed by atoms with Crippen LogP contribution in [-0.4, -0.2) is 25.7 Å². The summed E-state index contributed by atoms with van der Waals surface area (Å²) in [5.74, 6) is -0.112. The highest BCUT2D eigenvalue weighted by Gasteiger charge is 2.33. The van der Waals surface area contributed by atoms with E-state index >= 15 is 0 Å². The summed E-state index contributed by atoms with van der Waals surface area (Å²) >= 11 is 0. The number of benzene rings is 2. The monoisotopic (exact) mass is 346 g/mol. The van der Waals surface area contributed by atoms with Crippen molar-refractivity contribution < 1.29 is 18.1 Å². The second-order valence-electron chi connectivity index (χ2n) is 5.53. The Hall–Kier alpha value is -2.74. The van der Waals surface area contributed by atoms with Crippen LogP contribution in [-0.2, 0) is 10.0 Å². The number of anilines is 1. The number of carbonyl (C=O) groups excluding carboxylic acids is 1. The molecule has 0 atom stereocenters. The molecule has 0 saturated heterocycles. The van der Waals surface area contributed by atoms with Gasteiger partial charge in [-0.2, -0.15) is 0 Å². The molecule has 7 nitrogen and oxygen atoms in total. The number of nitro benzene ring substituents is 1. The number of ketones is 1. The van der Waals surface area contributed by atoms with Crippen molar-refractivity contribution in [3.63, 3.8) is 0 Å². The fourth-order valence-electron chi connectivity index (χ4n) is 2.68. The Morgan fingerprint density at radius 1 is 1.17 bits per heavy atom. The number of nitro groups is 1. The average molecular weight is 346 g/mol. The zero-order valence-electron chi connectivity index (χ0n) is 12.8. The quantitative estimate of drug-likeness (QED) is 0.628. The molecule has 2 aromatic carbocycles. The predicted octanol–water partition coefficient (Wildman–Crippen LogP) is 2.68. The molecule has 2 aromatic rings. The minimum Gasteiger partial charge on any atom is -0.294 e. The predicted molar refractivity (Wildman–Crippen MR) is 87.8 cm³/mol. The van der Waals surface area contributed by atoms with E-state index < -0.39 is 14.9 Å². The Kier molecular flexibility index (Phi) is 3.84. The molecule has 0 spiro atoms. The molecule has 0 saturated carbocycles. The number of carbonyl (C=O) groups is 1. The maximum Gasteiger partial charge on any atom is 0.270 e. The van der Waals surface area contributed by atoms with Crippen molar-refractivity contribution >= 4 is 27.2 Å². The van der Waals surface area contributed by atoms with Gasteiger partial charge in [-0.3, -0.25) is 19.2 Å². The van der Waals surface area contributed by atoms with Gasteiger partial charge in [-0.1, -0.05) is 17.7 Å². The lowest BCUT2D eigenvalue weighted by Crippen LogP contribution is -2.37. The van der Waals surface area contributed by atoms with E-state index in [1.165, 1.54) is 18.2 Å². The van der Waals surface area contributed by atoms with E-state index in [1.807, 2.05) is 6.92 Å². The summed E-state index contributed by atoms with van der Waals surface area (Å²) < 4.78 is 27.0. The largest absolute Gasteiger partial charge is 0.294 e. The van der Waals surface area contributed by atoms with Gasteiger partial charge in [0.05, 0.1) is 15.5 Å². The molecule has 1 heterocycles. The SMILES string of the molecule is Cc1ccc2c(c1)C(=O)CCN2S(=O)(=O)c1cccc([N+](=O)[O-])c1. The van der Waals surface area contributed by atoms with Crippen LogP contribution in [0.4, 0.5) is 11.4 Å². The van der Waals surface area contributed by atoms with Gasteiger partial charge < -0.3 is 0 Å². The van der Waals surface area contributed by atoms with Crippen molar-refractivity contribution in [1.82, 2.24) is 0 Å². The van der Waals surface area contributed by atoms with Crippen LogP contribution in [0, 0.1) is 17.0 Å². The van der Waals surface area contributed by atoms with E-state index in [4.69, 9.17) is 0 Å². The lowest BCUT2D eigenvalue weighted by Gasteiger charge is -2.29. The second kappa shape index (κ2) is 5.72. The minimum atomic E-state index is -3.99. The van der Waals surface area contributed by atoms with Gasteiger partial charge in [-0.25, -0.2) is 8.42 Å². The average Bonchev–Trinajstić information content (AvgIpc) is 2.55. The summed E-state index contributed by atoms with van der Waals surface area (Å²) in [5.41, 5.74) is 1.23. The fraction of sp³-hybridized carbons (Fsp3) is 0.188. The zero-order valence-corrected chi connectivity index (χ0v) is 13.6. The van der Waals surface area contributed by atoms with Crippen molar-refractivity contribution in [3.05, 3.63) is 63.7 Å². The standard InChI is InChI=1S/C16H14N2O5S/c1-11-5-6-15-14(9-11)16(19)7-8-17(15)24(22,23)13-4-2-3-12(10-13)18(20)21/h2-6,9-10H,7-8H2,1H3. The molecule has 0 unspecified atom stereocenters. The molecular formula is C16H14N2O5S. The van der Waals surface area contributed by atoms with Crippen LogP contribution in [0.15, 0.2) is 47.4 Å². The van der Waals surface area contributed by atoms with Crippen LogP contribution in [0.5, 0.6) is 0 Å². The van der Waals surface area contributed by atoms with Crippen LogP contribution < -0.4 is 4.31 Å². The number of hydrogen-bond donors (Lipinski definition) is 0. The molecule has 8 heteroatoms. The van der Waals surface area contributed by atoms with Crippen molar-refractivity contribution in [1.29, 1.82) is 0 Å². The first-order valence-electron chi connectivity index (χ1n) is 7.22. The van der Waals surface area contributed by atoms with Gasteiger partial charge in [-0.05, 0) is 25.1 Å². The first-order valence-corrected chi connectivity index (χ1v) is 8.66. The third kappa shape index (κ3) is 2.65. The number of hydrogen-bond acceptors (Lipinski definition) is 5. The summed E-state index contributed by atoms with van der Waals surface area (Å²) in [6, 6.07) is 9.88. The Morgan fingerprint density at radius 3 is 2.62 bits per heavy atom. The first-order chi connectivity index (χ1) is 11.3. The van der Waals surface area contributed by atoms with Crippen LogP contribution in [0.1, 0.15) is 22.3 Å². The normalized spacial score (nSPS) is 14.4. The molecule has 0 radical (unpaired) electrons. The zero-order chi connectivity index (χ0) is 17.5. The summed E-state index contributed by atoms with van der Waals surface area (Å²) in [7, 11) is -3.99. The number of aryl methyl sites for hydroxylation is 1. The van der Waals surface area contributed by atoms with Gasteiger partial charge in [0.1, 0.15) is 0 Å². The molecule has 3 rings (SSSR count). The van der Waals surface area contributed by atoms with E-state index in [1.54, 1.807) is 18.2 Å². The third-order valence-electron chi connectivity index (χ3n) is 3.88. The van der Waals surface area contributed by atoms with Gasteiger partial charge in [0.15, 0.2) is 5.78 Å². The number of Topliss-reactive ketones (excluding diaryl/α,β-unsaturated/α-hetero) is 1. The van der Waals surface area contributed by atoms with E-state index in [-0.39, 0.29) is 29.3 Å². The number of non-ortho nitro benzene ring substituents is 1. The topological polar surface area (TPSA) is 97.6 Å². The summed E-state index contributed by atoms with van der Waals surface area (Å²) in [6.45, 7) is 1.83. The van der Waals surface area contributed by atoms with E-state index in [9.17, 15) is 23.3 Å². The van der Waals surface area contributed by atoms with Gasteiger partial charge in [-0.15, -0.1) is 0 Å². The molecule has 124 valence electrons. The summed E-state index contributed by atoms with van der Waals surface area (Å²) in [6.07, 6.45) is 0.0740. The number of rotatable bonds is 3. The smallest absolute Gasteiger partial charge is 0.270 e. The van der Waals surface area contributed by atoms with E-state index in [0.29, 0.717) is 11.3 Å². The van der Waals surface area contributed by atoms with Crippen LogP contribution >= 0.6 is 0 Å². The molecule has 0 bridgehead atoms. The Morgan fingerprint density at radius 2 is 1.92 bits per heavy atom. The van der Waals surface area contributed by atoms with Crippen molar-refractivity contribution in [2.24, 2.45) is 0 Å². The Balaban J connectivity index is 2.12. The molecule has 1 aliphatic rings. The number of sulfonamides is 1. The van der Waals surface area contributed by atoms with Gasteiger partial charge in [0, 0.05) is 30.7 Å². The number of fused-ring (bicyclic) bond motifs is 1. The van der Waals surface area contributed by atoms with Crippen LogP contribution in [0.2, 0.25) is 0 Å². The molecule has 0 fully saturated rings. The molecule has 0 N–H and O–H groups in total. The highest BCUT2D eigenvalue weighted by atomic mass is 32.2. The molecule has 24 heavy (non-hydrogen) atoms. The maximum atomic E-state index is 12.9. The third-order valence-corrected chi connectivity index (χ3v) is 5.69. The van der Waals surface area contributed by atoms with E-state index in [0.717, 1.165) is 15.9 Å². The lowest BCUT2D eigenvalue weighted by atomic mass is 10.0. The van der Waals surface area contributed by atoms with Gasteiger partial charge in [0.2, 0.25) is 0 Å². The van der Waals surface area contributed by atoms with Crippen molar-refractivity contribution in [3.8, 4) is 0 Å². The van der Waals surface area contributed by atoms with Crippen molar-refractivity contribution in [2.75, 3.05) is 10.8 Å². The summed E-state index contributed by atoms with van der Waals surface area (Å²) in [5, 5.41) is 10.9. The minimum absolute atomic E-state index is 0.0138. The van der Waals surface area contributed by atoms with Crippen LogP contribution in [0.3, 0.4) is 0 Å². The first kappa shape index (κ1) is 16.1. The highest BCUT2D eigenvalue weighted by molar-refractivity contribution is 7.92. The molecule has 1 aliphatic heterocycles. The highest BCUT2D eigenvalue weighted by Crippen LogP contribution is 2.33. The lowest BCUT2D eigenvalue weighted by molar-refractivity contribution is -0.385. The van der Waals surface area contributed by atoms with Crippen molar-refractivity contribution in [2.45, 2.75) is 18.2 Å². The van der Waals surface area contributed by atoms with E-state index in [2.05, 4.69) is 0 Å². The number of nitrogens with zero attached hydrogens (tertiary/aromatic N) is 2. The van der Waals surface area contributed by atoms with Gasteiger partial charge >= 0.3 is 0 Å². The molecule has 0 aliphatic carbocycles. The van der Waals surface area contributed by atoms with Gasteiger partial charge in [0.25, 0.3) is 15.7 Å². The molecule has 0 amide bonds. The maximum absolute atomic E-state index is 12.9. The Bertz CT molecular complexity index is 953. The van der Waals surface area contributed by atoms with Crippen LogP contribution in [0.25, 0.3) is 0 Å². The summed E-state index contributed by atoms with van der Waals surface area (Å²) in [4.78, 5) is 22.2. The second-order valence-corrected chi connectivity index (χ2v) is 7.39. The fourth-order valence-corrected chi connectivity index (χ4v) is 4.21. The molecule has 0 aromatic heterocycles.